The molecule has 0 spiro atoms. The average molecular weight is 490 g/mol. The van der Waals surface area contributed by atoms with E-state index in [2.05, 4.69) is 24.5 Å². The maximum absolute atomic E-state index is 13.7. The minimum Gasteiger partial charge on any atom is -0.444 e. The second-order valence-corrected chi connectivity index (χ2v) is 10.3. The predicted molar refractivity (Wildman–Crippen MR) is 141 cm³/mol. The lowest BCUT2D eigenvalue weighted by molar-refractivity contribution is -0.142. The van der Waals surface area contributed by atoms with Crippen molar-refractivity contribution in [1.29, 1.82) is 0 Å². The lowest BCUT2D eigenvalue weighted by atomic mass is 10.0. The molecule has 35 heavy (non-hydrogen) atoms. The molecule has 0 aliphatic rings. The Hall–Kier alpha value is -2.57. The van der Waals surface area contributed by atoms with Gasteiger partial charge in [0, 0.05) is 13.1 Å². The van der Waals surface area contributed by atoms with E-state index in [1.54, 1.807) is 32.6 Å². The van der Waals surface area contributed by atoms with E-state index in [1.807, 2.05) is 31.2 Å². The molecule has 0 saturated carbocycles. The maximum atomic E-state index is 13.7. The van der Waals surface area contributed by atoms with Crippen LogP contribution in [0.4, 0.5) is 4.79 Å². The summed E-state index contributed by atoms with van der Waals surface area (Å²) in [7, 11) is 0. The zero-order valence-corrected chi connectivity index (χ0v) is 22.9. The number of nitrogens with one attached hydrogen (secondary N) is 2. The molecule has 2 atom stereocenters. The van der Waals surface area contributed by atoms with E-state index in [0.29, 0.717) is 13.1 Å². The lowest BCUT2D eigenvalue weighted by Gasteiger charge is -2.34. The van der Waals surface area contributed by atoms with Crippen molar-refractivity contribution in [3.63, 3.8) is 0 Å². The van der Waals surface area contributed by atoms with E-state index in [0.717, 1.165) is 56.1 Å². The van der Waals surface area contributed by atoms with E-state index >= 15 is 0 Å². The summed E-state index contributed by atoms with van der Waals surface area (Å²) in [6.45, 7) is 14.2. The third-order valence-electron chi connectivity index (χ3n) is 5.67. The van der Waals surface area contributed by atoms with Gasteiger partial charge in [-0.1, -0.05) is 75.8 Å². The van der Waals surface area contributed by atoms with Crippen LogP contribution in [0.1, 0.15) is 104 Å². The van der Waals surface area contributed by atoms with Crippen LogP contribution in [0.15, 0.2) is 24.3 Å². The van der Waals surface area contributed by atoms with E-state index in [4.69, 9.17) is 4.74 Å². The highest BCUT2D eigenvalue weighted by Gasteiger charge is 2.34. The zero-order valence-electron chi connectivity index (χ0n) is 22.9. The van der Waals surface area contributed by atoms with Gasteiger partial charge in [-0.05, 0) is 53.0 Å². The summed E-state index contributed by atoms with van der Waals surface area (Å²) in [6, 6.07) is 6.11. The van der Waals surface area contributed by atoms with Crippen LogP contribution in [0.2, 0.25) is 0 Å². The molecule has 198 valence electrons. The average Bonchev–Trinajstić information content (AvgIpc) is 2.77. The Bertz CT molecular complexity index is 786. The number of unbranched alkanes of at least 4 members (excludes halogenated alkanes) is 5. The monoisotopic (exact) mass is 489 g/mol. The molecule has 0 aliphatic heterocycles. The van der Waals surface area contributed by atoms with Crippen LogP contribution in [-0.2, 0) is 14.3 Å². The first-order valence-electron chi connectivity index (χ1n) is 13.1. The fraction of sp³-hybridized carbons (Fsp3) is 0.679. The Morgan fingerprint density at radius 3 is 2.11 bits per heavy atom. The quantitative estimate of drug-likeness (QED) is 0.330. The van der Waals surface area contributed by atoms with Gasteiger partial charge < -0.3 is 20.3 Å². The molecule has 2 N–H and O–H groups in total. The molecule has 0 aliphatic carbocycles. The third kappa shape index (κ3) is 11.6. The Kier molecular flexibility index (Phi) is 13.4. The van der Waals surface area contributed by atoms with Crippen molar-refractivity contribution in [1.82, 2.24) is 15.5 Å². The number of benzene rings is 1. The molecule has 2 unspecified atom stereocenters. The largest absolute Gasteiger partial charge is 0.444 e. The van der Waals surface area contributed by atoms with Crippen molar-refractivity contribution < 1.29 is 19.1 Å². The normalized spacial score (nSPS) is 13.0. The molecule has 0 fully saturated rings. The predicted octanol–water partition coefficient (Wildman–Crippen LogP) is 5.66. The number of carbonyl (C=O) groups excluding carboxylic acids is 3. The van der Waals surface area contributed by atoms with Crippen LogP contribution in [-0.4, -0.2) is 47.5 Å². The molecule has 3 amide bonds. The van der Waals surface area contributed by atoms with Gasteiger partial charge in [0.1, 0.15) is 17.7 Å². The first kappa shape index (κ1) is 30.5. The fourth-order valence-electron chi connectivity index (χ4n) is 3.75. The standard InChI is InChI=1S/C28H47N3O4/c1-8-10-12-13-14-20-31(26(33)22(4)30-27(34)35-28(5,6)7)24(25(32)29-19-11-9-2)23-17-15-21(3)16-18-23/h15-18,22,24H,8-14,19-20H2,1-7H3,(H,29,32)(H,30,34). The Labute approximate surface area is 212 Å². The van der Waals surface area contributed by atoms with Crippen LogP contribution >= 0.6 is 0 Å². The number of amides is 3. The SMILES string of the molecule is CCCCCCCN(C(=O)C(C)NC(=O)OC(C)(C)C)C(C(=O)NCCCC)c1ccc(C)cc1. The van der Waals surface area contributed by atoms with Crippen LogP contribution in [0.5, 0.6) is 0 Å². The second-order valence-electron chi connectivity index (χ2n) is 10.3. The third-order valence-corrected chi connectivity index (χ3v) is 5.67. The number of hydrogen-bond donors (Lipinski definition) is 2. The fourth-order valence-corrected chi connectivity index (χ4v) is 3.75. The Balaban J connectivity index is 3.21. The number of ether oxygens (including phenoxy) is 1. The van der Waals surface area contributed by atoms with E-state index in [1.165, 1.54) is 0 Å². The Morgan fingerprint density at radius 1 is 0.943 bits per heavy atom. The molecule has 0 heterocycles. The van der Waals surface area contributed by atoms with Gasteiger partial charge in [0.25, 0.3) is 0 Å². The smallest absolute Gasteiger partial charge is 0.408 e. The second kappa shape index (κ2) is 15.4. The molecule has 0 aromatic heterocycles. The number of hydrogen-bond acceptors (Lipinski definition) is 4. The van der Waals surface area contributed by atoms with E-state index in [-0.39, 0.29) is 11.8 Å². The Morgan fingerprint density at radius 2 is 1.54 bits per heavy atom. The summed E-state index contributed by atoms with van der Waals surface area (Å²) in [4.78, 5) is 41.0. The van der Waals surface area contributed by atoms with Crippen molar-refractivity contribution in [2.24, 2.45) is 0 Å². The number of carbonyl (C=O) groups is 3. The molecule has 1 aromatic carbocycles. The van der Waals surface area contributed by atoms with Gasteiger partial charge in [-0.25, -0.2) is 4.79 Å². The molecule has 7 nitrogen and oxygen atoms in total. The van der Waals surface area contributed by atoms with Gasteiger partial charge in [0.05, 0.1) is 0 Å². The number of alkyl carbamates (subject to hydrolysis) is 1. The van der Waals surface area contributed by atoms with Crippen LogP contribution in [0.25, 0.3) is 0 Å². The van der Waals surface area contributed by atoms with Crippen LogP contribution in [0.3, 0.4) is 0 Å². The van der Waals surface area contributed by atoms with E-state index in [9.17, 15) is 14.4 Å². The molecule has 7 heteroatoms. The van der Waals surface area contributed by atoms with Crippen molar-refractivity contribution in [2.75, 3.05) is 13.1 Å². The van der Waals surface area contributed by atoms with Gasteiger partial charge in [-0.2, -0.15) is 0 Å². The highest BCUT2D eigenvalue weighted by Crippen LogP contribution is 2.24. The topological polar surface area (TPSA) is 87.7 Å². The molecule has 0 radical (unpaired) electrons. The minimum atomic E-state index is -0.836. The number of aryl methyl sites for hydroxylation is 1. The number of rotatable bonds is 14. The first-order valence-corrected chi connectivity index (χ1v) is 13.1. The highest BCUT2D eigenvalue weighted by molar-refractivity contribution is 5.92. The van der Waals surface area contributed by atoms with Gasteiger partial charge in [0.2, 0.25) is 11.8 Å². The van der Waals surface area contributed by atoms with Gasteiger partial charge >= 0.3 is 6.09 Å². The summed E-state index contributed by atoms with van der Waals surface area (Å²) in [5, 5.41) is 5.66. The highest BCUT2D eigenvalue weighted by atomic mass is 16.6. The summed E-state index contributed by atoms with van der Waals surface area (Å²) >= 11 is 0. The van der Waals surface area contributed by atoms with Crippen molar-refractivity contribution in [3.8, 4) is 0 Å². The molecule has 0 bridgehead atoms. The maximum Gasteiger partial charge on any atom is 0.408 e. The molecule has 1 rings (SSSR count). The van der Waals surface area contributed by atoms with Crippen molar-refractivity contribution in [3.05, 3.63) is 35.4 Å². The van der Waals surface area contributed by atoms with Gasteiger partial charge in [0.15, 0.2) is 0 Å². The minimum absolute atomic E-state index is 0.200. The summed E-state index contributed by atoms with van der Waals surface area (Å²) < 4.78 is 5.33. The summed E-state index contributed by atoms with van der Waals surface area (Å²) in [5.41, 5.74) is 1.17. The molecular formula is C28H47N3O4. The summed E-state index contributed by atoms with van der Waals surface area (Å²) in [5.74, 6) is -0.503. The van der Waals surface area contributed by atoms with Gasteiger partial charge in [-0.15, -0.1) is 0 Å². The first-order chi connectivity index (χ1) is 16.5. The molecular weight excluding hydrogens is 442 g/mol. The summed E-state index contributed by atoms with van der Waals surface area (Å²) in [6.07, 6.45) is 6.30. The van der Waals surface area contributed by atoms with Gasteiger partial charge in [-0.3, -0.25) is 9.59 Å². The number of nitrogens with zero attached hydrogens (tertiary/aromatic N) is 1. The van der Waals surface area contributed by atoms with Crippen LogP contribution in [0, 0.1) is 6.92 Å². The lowest BCUT2D eigenvalue weighted by Crippen LogP contribution is -2.52. The van der Waals surface area contributed by atoms with E-state index < -0.39 is 23.8 Å². The van der Waals surface area contributed by atoms with Crippen molar-refractivity contribution in [2.45, 2.75) is 111 Å². The molecule has 0 saturated heterocycles. The van der Waals surface area contributed by atoms with Crippen molar-refractivity contribution >= 4 is 17.9 Å². The zero-order chi connectivity index (χ0) is 26.4. The van der Waals surface area contributed by atoms with Crippen LogP contribution < -0.4 is 10.6 Å². The molecule has 1 aromatic rings.